The molecule has 2 aromatic carbocycles. The van der Waals surface area contributed by atoms with E-state index in [1.165, 1.54) is 30.3 Å². The molecule has 40 heavy (non-hydrogen) atoms. The number of carbonyl (C=O) groups is 1. The molecule has 0 saturated heterocycles. The summed E-state index contributed by atoms with van der Waals surface area (Å²) < 4.78 is 64.8. The fourth-order valence-electron chi connectivity index (χ4n) is 5.16. The molecule has 0 unspecified atom stereocenters. The van der Waals surface area contributed by atoms with Crippen LogP contribution in [0.5, 0.6) is 11.5 Å². The number of hydrogen-bond acceptors (Lipinski definition) is 5. The maximum Gasteiger partial charge on any atom is 0.573 e. The van der Waals surface area contributed by atoms with Gasteiger partial charge in [0.25, 0.3) is 0 Å². The van der Waals surface area contributed by atoms with E-state index in [1.54, 1.807) is 16.8 Å². The zero-order valence-corrected chi connectivity index (χ0v) is 21.6. The van der Waals surface area contributed by atoms with Crippen molar-refractivity contribution in [3.05, 3.63) is 83.2 Å². The molecule has 1 aliphatic carbocycles. The first-order valence-electron chi connectivity index (χ1n) is 12.9. The molecule has 0 amide bonds. The van der Waals surface area contributed by atoms with E-state index in [2.05, 4.69) is 14.7 Å². The highest BCUT2D eigenvalue weighted by Gasteiger charge is 2.36. The average molecular weight is 558 g/mol. The third-order valence-electron chi connectivity index (χ3n) is 7.08. The monoisotopic (exact) mass is 557 g/mol. The fraction of sp³-hybridized carbons (Fsp3) is 0.345. The van der Waals surface area contributed by atoms with Crippen LogP contribution >= 0.6 is 0 Å². The van der Waals surface area contributed by atoms with Gasteiger partial charge in [-0.25, -0.2) is 9.37 Å². The Labute approximate surface area is 227 Å². The van der Waals surface area contributed by atoms with Crippen LogP contribution in [0.1, 0.15) is 54.2 Å². The number of alkyl halides is 3. The molecule has 1 N–H and O–H groups in total. The van der Waals surface area contributed by atoms with Crippen LogP contribution < -0.4 is 9.47 Å². The molecule has 2 heterocycles. The van der Waals surface area contributed by atoms with Gasteiger partial charge in [-0.15, -0.1) is 13.2 Å². The molecule has 2 atom stereocenters. The van der Waals surface area contributed by atoms with Crippen LogP contribution in [-0.2, 0) is 17.9 Å². The summed E-state index contributed by atoms with van der Waals surface area (Å²) in [5, 5.41) is 9.90. The molecule has 1 saturated carbocycles. The van der Waals surface area contributed by atoms with Crippen molar-refractivity contribution < 1.29 is 36.9 Å². The third kappa shape index (κ3) is 6.19. The van der Waals surface area contributed by atoms with Gasteiger partial charge in [-0.1, -0.05) is 31.0 Å². The Bertz CT molecular complexity index is 1500. The van der Waals surface area contributed by atoms with E-state index in [4.69, 9.17) is 4.74 Å². The summed E-state index contributed by atoms with van der Waals surface area (Å²) in [6, 6.07) is 11.9. The maximum atomic E-state index is 15.4. The average Bonchev–Trinajstić information content (AvgIpc) is 3.27. The zero-order chi connectivity index (χ0) is 28.4. The van der Waals surface area contributed by atoms with Gasteiger partial charge in [-0.2, -0.15) is 0 Å². The van der Waals surface area contributed by atoms with Crippen LogP contribution in [0, 0.1) is 18.7 Å². The Kier molecular flexibility index (Phi) is 7.64. The SMILES string of the molecule is Cc1ccc(COc2cc(F)c3nc([C@@H]4CCCC[C@@H]4C(=O)O)n(Cc4ccc(OC(F)(F)F)cc4)c3c2)nc1. The second kappa shape index (κ2) is 11.1. The lowest BCUT2D eigenvalue weighted by molar-refractivity contribution is -0.274. The molecular weight excluding hydrogens is 530 g/mol. The van der Waals surface area contributed by atoms with Gasteiger partial charge >= 0.3 is 12.3 Å². The lowest BCUT2D eigenvalue weighted by Gasteiger charge is -2.28. The first kappa shape index (κ1) is 27.4. The number of nitrogens with zero attached hydrogens (tertiary/aromatic N) is 3. The number of hydrogen-bond donors (Lipinski definition) is 1. The van der Waals surface area contributed by atoms with Gasteiger partial charge in [0.05, 0.1) is 17.1 Å². The van der Waals surface area contributed by atoms with Crippen molar-refractivity contribution in [2.75, 3.05) is 0 Å². The fourth-order valence-corrected chi connectivity index (χ4v) is 5.16. The number of pyridine rings is 1. The largest absolute Gasteiger partial charge is 0.573 e. The number of aryl methyl sites for hydroxylation is 1. The number of halogens is 4. The highest BCUT2D eigenvalue weighted by Crippen LogP contribution is 2.40. The van der Waals surface area contributed by atoms with Gasteiger partial charge in [0.1, 0.15) is 29.4 Å². The van der Waals surface area contributed by atoms with Crippen LogP contribution in [0.15, 0.2) is 54.7 Å². The van der Waals surface area contributed by atoms with Crippen LogP contribution in [0.2, 0.25) is 0 Å². The van der Waals surface area contributed by atoms with Crippen molar-refractivity contribution in [1.29, 1.82) is 0 Å². The summed E-state index contributed by atoms with van der Waals surface area (Å²) in [6.07, 6.45) is -0.479. The Morgan fingerprint density at radius 2 is 1.82 bits per heavy atom. The van der Waals surface area contributed by atoms with E-state index >= 15 is 4.39 Å². The Hall–Kier alpha value is -4.15. The van der Waals surface area contributed by atoms with E-state index in [-0.39, 0.29) is 30.2 Å². The zero-order valence-electron chi connectivity index (χ0n) is 21.6. The lowest BCUT2D eigenvalue weighted by atomic mass is 9.78. The summed E-state index contributed by atoms with van der Waals surface area (Å²) >= 11 is 0. The van der Waals surface area contributed by atoms with Crippen molar-refractivity contribution in [3.8, 4) is 11.5 Å². The minimum Gasteiger partial charge on any atom is -0.487 e. The molecule has 0 radical (unpaired) electrons. The first-order chi connectivity index (χ1) is 19.1. The summed E-state index contributed by atoms with van der Waals surface area (Å²) in [5.74, 6) is -2.39. The molecule has 11 heteroatoms. The summed E-state index contributed by atoms with van der Waals surface area (Å²) in [4.78, 5) is 21.0. The molecule has 4 aromatic rings. The highest BCUT2D eigenvalue weighted by atomic mass is 19.4. The van der Waals surface area contributed by atoms with E-state index in [0.717, 1.165) is 18.4 Å². The maximum absolute atomic E-state index is 15.4. The van der Waals surface area contributed by atoms with E-state index in [0.29, 0.717) is 35.4 Å². The topological polar surface area (TPSA) is 86.5 Å². The quantitative estimate of drug-likeness (QED) is 0.241. The predicted octanol–water partition coefficient (Wildman–Crippen LogP) is 6.76. The van der Waals surface area contributed by atoms with E-state index in [9.17, 15) is 23.1 Å². The number of imidazole rings is 1. The van der Waals surface area contributed by atoms with Crippen molar-refractivity contribution in [2.24, 2.45) is 5.92 Å². The predicted molar refractivity (Wildman–Crippen MR) is 138 cm³/mol. The molecule has 210 valence electrons. The van der Waals surface area contributed by atoms with Gasteiger partial charge in [0.2, 0.25) is 0 Å². The van der Waals surface area contributed by atoms with Gasteiger partial charge < -0.3 is 19.1 Å². The van der Waals surface area contributed by atoms with Gasteiger partial charge in [-0.05, 0) is 49.1 Å². The molecule has 1 aliphatic rings. The molecule has 0 aliphatic heterocycles. The van der Waals surface area contributed by atoms with Crippen molar-refractivity contribution in [2.45, 2.75) is 58.0 Å². The second-order valence-electron chi connectivity index (χ2n) is 9.97. The first-order valence-corrected chi connectivity index (χ1v) is 12.9. The minimum atomic E-state index is -4.82. The van der Waals surface area contributed by atoms with Crippen LogP contribution in [0.3, 0.4) is 0 Å². The Morgan fingerprint density at radius 3 is 2.50 bits per heavy atom. The molecule has 2 aromatic heterocycles. The summed E-state index contributed by atoms with van der Waals surface area (Å²) in [6.45, 7) is 2.15. The molecule has 5 rings (SSSR count). The molecule has 7 nitrogen and oxygen atoms in total. The lowest BCUT2D eigenvalue weighted by Crippen LogP contribution is -2.27. The van der Waals surface area contributed by atoms with Gasteiger partial charge in [0, 0.05) is 30.8 Å². The smallest absolute Gasteiger partial charge is 0.487 e. The normalized spacial score (nSPS) is 17.6. The number of aromatic nitrogens is 3. The number of carboxylic acids is 1. The summed E-state index contributed by atoms with van der Waals surface area (Å²) in [5.41, 5.74) is 2.73. The minimum absolute atomic E-state index is 0.0718. The highest BCUT2D eigenvalue weighted by molar-refractivity contribution is 5.79. The van der Waals surface area contributed by atoms with Crippen LogP contribution in [-0.4, -0.2) is 32.0 Å². The van der Waals surface area contributed by atoms with E-state index < -0.39 is 30.0 Å². The molecule has 0 spiro atoms. The molecule has 1 fully saturated rings. The van der Waals surface area contributed by atoms with Gasteiger partial charge in [0.15, 0.2) is 5.82 Å². The van der Waals surface area contributed by atoms with Crippen LogP contribution in [0.4, 0.5) is 17.6 Å². The molecular formula is C29H27F4N3O4. The number of aliphatic carboxylic acids is 1. The Balaban J connectivity index is 1.53. The second-order valence-corrected chi connectivity index (χ2v) is 9.97. The van der Waals surface area contributed by atoms with E-state index in [1.807, 2.05) is 19.1 Å². The van der Waals surface area contributed by atoms with Gasteiger partial charge in [-0.3, -0.25) is 9.78 Å². The molecule has 0 bridgehead atoms. The summed E-state index contributed by atoms with van der Waals surface area (Å²) in [7, 11) is 0. The van der Waals surface area contributed by atoms with Crippen molar-refractivity contribution in [1.82, 2.24) is 14.5 Å². The third-order valence-corrected chi connectivity index (χ3v) is 7.08. The van der Waals surface area contributed by atoms with Crippen LogP contribution in [0.25, 0.3) is 11.0 Å². The van der Waals surface area contributed by atoms with Crippen molar-refractivity contribution >= 4 is 17.0 Å². The number of carboxylic acid groups (broad SMARTS) is 1. The number of ether oxygens (including phenoxy) is 2. The standard InChI is InChI=1S/C29H27F4N3O4/c1-17-6-9-19(34-14-17)16-39-21-12-24(30)26-25(13-21)36(15-18-7-10-20(11-8-18)40-29(31,32)33)27(35-26)22-4-2-3-5-23(22)28(37)38/h6-14,22-23H,2-5,15-16H2,1H3,(H,37,38)/t22-,23+/m1/s1. The Morgan fingerprint density at radius 1 is 1.07 bits per heavy atom. The number of benzene rings is 2. The number of rotatable bonds is 8. The number of fused-ring (bicyclic) bond motifs is 1. The van der Waals surface area contributed by atoms with Crippen molar-refractivity contribution in [3.63, 3.8) is 0 Å².